The van der Waals surface area contributed by atoms with Gasteiger partial charge in [0.25, 0.3) is 0 Å². The summed E-state index contributed by atoms with van der Waals surface area (Å²) in [6.07, 6.45) is -2.53. The van der Waals surface area contributed by atoms with Crippen LogP contribution in [0.25, 0.3) is 0 Å². The van der Waals surface area contributed by atoms with Gasteiger partial charge < -0.3 is 19.5 Å². The van der Waals surface area contributed by atoms with E-state index in [4.69, 9.17) is 14.2 Å². The van der Waals surface area contributed by atoms with Gasteiger partial charge in [-0.25, -0.2) is 18.8 Å². The number of fused-ring (bicyclic) bond motifs is 1. The lowest BCUT2D eigenvalue weighted by atomic mass is 10.1. The van der Waals surface area contributed by atoms with E-state index in [0.29, 0.717) is 5.56 Å². The van der Waals surface area contributed by atoms with Crippen LogP contribution in [0.4, 0.5) is 30.1 Å². The van der Waals surface area contributed by atoms with Gasteiger partial charge in [0, 0.05) is 12.6 Å². The highest BCUT2D eigenvalue weighted by Gasteiger charge is 2.35. The number of alkyl carbamates (subject to hydrolysis) is 1. The van der Waals surface area contributed by atoms with E-state index in [2.05, 4.69) is 5.32 Å². The fraction of sp³-hybridized carbons (Fsp3) is 0.500. The van der Waals surface area contributed by atoms with Crippen molar-refractivity contribution in [3.8, 4) is 0 Å². The predicted octanol–water partition coefficient (Wildman–Crippen LogP) is 2.76. The molecule has 0 spiro atoms. The number of carbonyl (C=O) groups is 3. The summed E-state index contributed by atoms with van der Waals surface area (Å²) < 4.78 is 29.9. The molecule has 1 aromatic carbocycles. The highest BCUT2D eigenvalue weighted by molar-refractivity contribution is 5.93. The number of benzene rings is 1. The van der Waals surface area contributed by atoms with Crippen LogP contribution in [-0.4, -0.2) is 50.1 Å². The van der Waals surface area contributed by atoms with Crippen LogP contribution in [0.3, 0.4) is 0 Å². The minimum absolute atomic E-state index is 0.0604. The summed E-state index contributed by atoms with van der Waals surface area (Å²) in [6, 6.07) is 2.74. The molecule has 1 aromatic rings. The fourth-order valence-electron chi connectivity index (χ4n) is 2.96. The molecule has 0 radical (unpaired) electrons. The third-order valence-corrected chi connectivity index (χ3v) is 4.15. The van der Waals surface area contributed by atoms with Gasteiger partial charge in [-0.1, -0.05) is 0 Å². The lowest BCUT2D eigenvalue weighted by molar-refractivity contribution is 0.0496. The predicted molar refractivity (Wildman–Crippen MR) is 96.8 cm³/mol. The zero-order valence-corrected chi connectivity index (χ0v) is 16.1. The Hall–Kier alpha value is -3.04. The van der Waals surface area contributed by atoms with Crippen LogP contribution in [0.2, 0.25) is 0 Å². The summed E-state index contributed by atoms with van der Waals surface area (Å²) >= 11 is 0. The van der Waals surface area contributed by atoms with Crippen LogP contribution in [0.1, 0.15) is 26.3 Å². The van der Waals surface area contributed by atoms with Gasteiger partial charge in [-0.05, 0) is 32.9 Å². The van der Waals surface area contributed by atoms with E-state index in [1.165, 1.54) is 18.0 Å². The Morgan fingerprint density at radius 3 is 2.71 bits per heavy atom. The van der Waals surface area contributed by atoms with Crippen molar-refractivity contribution in [3.05, 3.63) is 23.5 Å². The van der Waals surface area contributed by atoms with Crippen molar-refractivity contribution in [2.45, 2.75) is 39.1 Å². The first kappa shape index (κ1) is 19.7. The molecule has 2 aliphatic rings. The number of anilines is 2. The number of hydrogen-bond acceptors (Lipinski definition) is 6. The maximum absolute atomic E-state index is 14.5. The number of cyclic esters (lactones) is 2. The molecule has 0 bridgehead atoms. The minimum atomic E-state index is -0.656. The molecule has 152 valence electrons. The molecule has 1 saturated heterocycles. The first-order chi connectivity index (χ1) is 13.0. The summed E-state index contributed by atoms with van der Waals surface area (Å²) in [6.45, 7) is 5.32. The molecular weight excluding hydrogens is 373 g/mol. The number of carbonyl (C=O) groups excluding carboxylic acids is 3. The molecule has 2 aliphatic heterocycles. The van der Waals surface area contributed by atoms with Crippen LogP contribution >= 0.6 is 0 Å². The van der Waals surface area contributed by atoms with Crippen LogP contribution in [0.5, 0.6) is 0 Å². The van der Waals surface area contributed by atoms with E-state index in [1.807, 2.05) is 0 Å². The van der Waals surface area contributed by atoms with Gasteiger partial charge in [-0.3, -0.25) is 9.80 Å². The maximum Gasteiger partial charge on any atom is 0.414 e. The highest BCUT2D eigenvalue weighted by Crippen LogP contribution is 2.34. The first-order valence-corrected chi connectivity index (χ1v) is 8.73. The number of hydrogen-bond donors (Lipinski definition) is 1. The van der Waals surface area contributed by atoms with Crippen molar-refractivity contribution in [3.63, 3.8) is 0 Å². The second kappa shape index (κ2) is 7.17. The molecule has 1 unspecified atom stereocenters. The van der Waals surface area contributed by atoms with E-state index < -0.39 is 35.8 Å². The quantitative estimate of drug-likeness (QED) is 0.791. The molecule has 28 heavy (non-hydrogen) atoms. The summed E-state index contributed by atoms with van der Waals surface area (Å²) in [7, 11) is 1.41. The molecule has 10 heteroatoms. The molecule has 0 aliphatic carbocycles. The Labute approximate surface area is 161 Å². The topological polar surface area (TPSA) is 97.4 Å². The first-order valence-electron chi connectivity index (χ1n) is 8.73. The number of rotatable bonds is 3. The molecule has 1 fully saturated rings. The van der Waals surface area contributed by atoms with Gasteiger partial charge in [-0.2, -0.15) is 0 Å². The summed E-state index contributed by atoms with van der Waals surface area (Å²) in [5.74, 6) is -0.644. The summed E-state index contributed by atoms with van der Waals surface area (Å²) in [5, 5.41) is 2.54. The third-order valence-electron chi connectivity index (χ3n) is 4.15. The Morgan fingerprint density at radius 1 is 1.32 bits per heavy atom. The van der Waals surface area contributed by atoms with Crippen molar-refractivity contribution in [2.75, 3.05) is 29.9 Å². The molecule has 1 atom stereocenters. The zero-order chi connectivity index (χ0) is 20.6. The lowest BCUT2D eigenvalue weighted by Crippen LogP contribution is -2.38. The minimum Gasteiger partial charge on any atom is -0.444 e. The average Bonchev–Trinajstić information content (AvgIpc) is 2.95. The normalized spacial score (nSPS) is 19.1. The summed E-state index contributed by atoms with van der Waals surface area (Å²) in [5.41, 5.74) is 0.211. The van der Waals surface area contributed by atoms with Gasteiger partial charge in [-0.15, -0.1) is 0 Å². The lowest BCUT2D eigenvalue weighted by Gasteiger charge is -2.27. The van der Waals surface area contributed by atoms with Gasteiger partial charge in [0.15, 0.2) is 0 Å². The van der Waals surface area contributed by atoms with E-state index in [1.54, 1.807) is 26.8 Å². The molecular formula is C18H22FN3O6. The van der Waals surface area contributed by atoms with Crippen LogP contribution < -0.4 is 15.1 Å². The molecule has 2 heterocycles. The third kappa shape index (κ3) is 4.10. The largest absolute Gasteiger partial charge is 0.444 e. The van der Waals surface area contributed by atoms with Crippen molar-refractivity contribution < 1.29 is 33.0 Å². The second-order valence-electron chi connectivity index (χ2n) is 7.55. The van der Waals surface area contributed by atoms with Gasteiger partial charge in [0.1, 0.15) is 24.1 Å². The highest BCUT2D eigenvalue weighted by atomic mass is 19.1. The maximum atomic E-state index is 14.5. The van der Waals surface area contributed by atoms with E-state index in [0.717, 1.165) is 4.90 Å². The molecule has 3 amide bonds. The average molecular weight is 395 g/mol. The Morgan fingerprint density at radius 2 is 2.04 bits per heavy atom. The van der Waals surface area contributed by atoms with Gasteiger partial charge >= 0.3 is 18.3 Å². The molecule has 1 N–H and O–H groups in total. The molecule has 9 nitrogen and oxygen atoms in total. The fourth-order valence-corrected chi connectivity index (χ4v) is 2.96. The summed E-state index contributed by atoms with van der Waals surface area (Å²) in [4.78, 5) is 37.8. The zero-order valence-electron chi connectivity index (χ0n) is 16.1. The van der Waals surface area contributed by atoms with Crippen molar-refractivity contribution in [1.82, 2.24) is 5.32 Å². The second-order valence-corrected chi connectivity index (χ2v) is 7.55. The number of halogens is 1. The van der Waals surface area contributed by atoms with E-state index >= 15 is 0 Å². The SMILES string of the molecule is CN1C(=O)OCc2cc(N3CC(CNC(=O)OC(C)(C)C)OC3=O)cc(F)c21. The van der Waals surface area contributed by atoms with Gasteiger partial charge in [0.05, 0.1) is 24.5 Å². The molecule has 3 rings (SSSR count). The van der Waals surface area contributed by atoms with E-state index in [-0.39, 0.29) is 31.1 Å². The van der Waals surface area contributed by atoms with Crippen molar-refractivity contribution in [2.24, 2.45) is 0 Å². The van der Waals surface area contributed by atoms with Crippen LogP contribution in [0.15, 0.2) is 12.1 Å². The van der Waals surface area contributed by atoms with Crippen LogP contribution in [-0.2, 0) is 20.8 Å². The molecule has 0 saturated carbocycles. The number of nitrogens with zero attached hydrogens (tertiary/aromatic N) is 2. The Balaban J connectivity index is 1.68. The monoisotopic (exact) mass is 395 g/mol. The van der Waals surface area contributed by atoms with Crippen LogP contribution in [0, 0.1) is 5.82 Å². The standard InChI is InChI=1S/C18H22FN3O6/c1-18(2,3)28-15(23)20-7-12-8-22(17(25)27-12)11-5-10-9-26-16(24)21(4)14(10)13(19)6-11/h5-6,12H,7-9H2,1-4H3,(H,20,23). The number of ether oxygens (including phenoxy) is 3. The Bertz CT molecular complexity index is 822. The van der Waals surface area contributed by atoms with Gasteiger partial charge in [0.2, 0.25) is 0 Å². The number of nitrogens with one attached hydrogen (secondary N) is 1. The molecule has 0 aromatic heterocycles. The Kier molecular flexibility index (Phi) is 5.05. The van der Waals surface area contributed by atoms with Crippen molar-refractivity contribution >= 4 is 29.7 Å². The van der Waals surface area contributed by atoms with E-state index in [9.17, 15) is 18.8 Å². The smallest absolute Gasteiger partial charge is 0.414 e. The van der Waals surface area contributed by atoms with Crippen molar-refractivity contribution in [1.29, 1.82) is 0 Å². The number of amides is 3.